The minimum absolute atomic E-state index is 0.440. The summed E-state index contributed by atoms with van der Waals surface area (Å²) in [6.45, 7) is 0.551. The average Bonchev–Trinajstić information content (AvgIpc) is 2.69. The first kappa shape index (κ1) is 17.6. The van der Waals surface area contributed by atoms with Crippen LogP contribution in [0.5, 0.6) is 5.75 Å². The van der Waals surface area contributed by atoms with Crippen molar-refractivity contribution < 1.29 is 4.74 Å². The average molecular weight is 361 g/mol. The van der Waals surface area contributed by atoms with E-state index in [2.05, 4.69) is 15.8 Å². The Morgan fingerprint density at radius 3 is 2.23 bits per heavy atom. The zero-order valence-corrected chi connectivity index (χ0v) is 14.9. The molecule has 0 saturated heterocycles. The molecule has 0 bridgehead atoms. The molecule has 0 saturated carbocycles. The number of nitrogens with zero attached hydrogens (tertiary/aromatic N) is 1. The molecule has 130 valence electrons. The summed E-state index contributed by atoms with van der Waals surface area (Å²) in [7, 11) is 0. The molecule has 3 aromatic rings. The van der Waals surface area contributed by atoms with Gasteiger partial charge in [0.2, 0.25) is 0 Å². The van der Waals surface area contributed by atoms with Crippen LogP contribution in [0.15, 0.2) is 90.0 Å². The Bertz CT molecular complexity index is 849. The fourth-order valence-electron chi connectivity index (χ4n) is 2.24. The predicted molar refractivity (Wildman–Crippen MR) is 111 cm³/mol. The van der Waals surface area contributed by atoms with E-state index < -0.39 is 0 Å². The van der Waals surface area contributed by atoms with Gasteiger partial charge in [-0.05, 0) is 59.7 Å². The number of ether oxygens (including phenoxy) is 1. The van der Waals surface area contributed by atoms with Crippen molar-refractivity contribution in [3.05, 3.63) is 96.1 Å². The van der Waals surface area contributed by atoms with Gasteiger partial charge in [-0.1, -0.05) is 48.5 Å². The fourth-order valence-corrected chi connectivity index (χ4v) is 2.41. The molecule has 0 aliphatic heterocycles. The summed E-state index contributed by atoms with van der Waals surface area (Å²) in [5.41, 5.74) is 5.81. The van der Waals surface area contributed by atoms with Crippen molar-refractivity contribution in [2.75, 3.05) is 5.32 Å². The maximum absolute atomic E-state index is 5.77. The number of benzene rings is 3. The molecule has 0 atom stereocenters. The van der Waals surface area contributed by atoms with Gasteiger partial charge < -0.3 is 10.1 Å². The Morgan fingerprint density at radius 1 is 0.885 bits per heavy atom. The Hall–Kier alpha value is -3.18. The van der Waals surface area contributed by atoms with Crippen molar-refractivity contribution in [1.29, 1.82) is 0 Å². The van der Waals surface area contributed by atoms with E-state index in [0.29, 0.717) is 11.7 Å². The molecule has 0 fully saturated rings. The van der Waals surface area contributed by atoms with E-state index in [1.165, 1.54) is 0 Å². The molecule has 2 N–H and O–H groups in total. The number of para-hydroxylation sites is 1. The standard InChI is InChI=1S/C21H19N3OS/c26-21(23-19-9-5-2-6-10-19)24-22-15-17-11-13-20(14-12-17)25-16-18-7-3-1-4-8-18/h1-15H,16H2,(H2,23,24,26). The van der Waals surface area contributed by atoms with Crippen LogP contribution in [0.3, 0.4) is 0 Å². The van der Waals surface area contributed by atoms with E-state index >= 15 is 0 Å². The maximum atomic E-state index is 5.77. The molecule has 4 nitrogen and oxygen atoms in total. The number of nitrogens with one attached hydrogen (secondary N) is 2. The summed E-state index contributed by atoms with van der Waals surface area (Å²) in [6, 6.07) is 27.5. The third-order valence-electron chi connectivity index (χ3n) is 3.54. The number of thiocarbonyl (C=S) groups is 1. The quantitative estimate of drug-likeness (QED) is 0.383. The Labute approximate surface area is 158 Å². The van der Waals surface area contributed by atoms with Crippen LogP contribution in [0, 0.1) is 0 Å². The number of rotatable bonds is 6. The minimum Gasteiger partial charge on any atom is -0.489 e. The molecular weight excluding hydrogens is 342 g/mol. The molecule has 5 heteroatoms. The molecular formula is C21H19N3OS. The maximum Gasteiger partial charge on any atom is 0.191 e. The van der Waals surface area contributed by atoms with Crippen LogP contribution >= 0.6 is 12.2 Å². The zero-order chi connectivity index (χ0) is 18.0. The molecule has 3 rings (SSSR count). The van der Waals surface area contributed by atoms with Gasteiger partial charge in [-0.2, -0.15) is 5.10 Å². The van der Waals surface area contributed by atoms with E-state index in [0.717, 1.165) is 22.6 Å². The van der Waals surface area contributed by atoms with Crippen LogP contribution in [0.25, 0.3) is 0 Å². The summed E-state index contributed by atoms with van der Waals surface area (Å²) in [6.07, 6.45) is 1.71. The monoisotopic (exact) mass is 361 g/mol. The van der Waals surface area contributed by atoms with Crippen LogP contribution in [0.4, 0.5) is 5.69 Å². The second kappa shape index (κ2) is 9.34. The largest absolute Gasteiger partial charge is 0.489 e. The van der Waals surface area contributed by atoms with Gasteiger partial charge in [0.25, 0.3) is 0 Å². The lowest BCUT2D eigenvalue weighted by molar-refractivity contribution is 0.306. The van der Waals surface area contributed by atoms with Crippen LogP contribution in [-0.4, -0.2) is 11.3 Å². The number of hydrazone groups is 1. The van der Waals surface area contributed by atoms with Gasteiger partial charge in [-0.3, -0.25) is 5.43 Å². The van der Waals surface area contributed by atoms with E-state index in [-0.39, 0.29) is 0 Å². The predicted octanol–water partition coefficient (Wildman–Crippen LogP) is 4.59. The molecule has 3 aromatic carbocycles. The highest BCUT2D eigenvalue weighted by molar-refractivity contribution is 7.80. The summed E-state index contributed by atoms with van der Waals surface area (Å²) in [5.74, 6) is 0.820. The smallest absolute Gasteiger partial charge is 0.191 e. The number of anilines is 1. The summed E-state index contributed by atoms with van der Waals surface area (Å²) in [4.78, 5) is 0. The highest BCUT2D eigenvalue weighted by Gasteiger charge is 1.97. The Morgan fingerprint density at radius 2 is 1.54 bits per heavy atom. The molecule has 0 heterocycles. The molecule has 0 amide bonds. The molecule has 26 heavy (non-hydrogen) atoms. The zero-order valence-electron chi connectivity index (χ0n) is 14.1. The lowest BCUT2D eigenvalue weighted by Crippen LogP contribution is -2.23. The highest BCUT2D eigenvalue weighted by Crippen LogP contribution is 2.13. The van der Waals surface area contributed by atoms with Gasteiger partial charge in [0, 0.05) is 5.69 Å². The van der Waals surface area contributed by atoms with E-state index in [1.807, 2.05) is 84.9 Å². The number of hydrogen-bond donors (Lipinski definition) is 2. The SMILES string of the molecule is S=C(NN=Cc1ccc(OCc2ccccc2)cc1)Nc1ccccc1. The van der Waals surface area contributed by atoms with Crippen LogP contribution in [0.1, 0.15) is 11.1 Å². The minimum atomic E-state index is 0.440. The van der Waals surface area contributed by atoms with Gasteiger partial charge in [-0.25, -0.2) is 0 Å². The lowest BCUT2D eigenvalue weighted by Gasteiger charge is -2.07. The van der Waals surface area contributed by atoms with Gasteiger partial charge in [-0.15, -0.1) is 0 Å². The molecule has 0 aromatic heterocycles. The van der Waals surface area contributed by atoms with E-state index in [9.17, 15) is 0 Å². The first-order valence-electron chi connectivity index (χ1n) is 8.21. The third kappa shape index (κ3) is 5.72. The normalized spacial score (nSPS) is 10.5. The van der Waals surface area contributed by atoms with Gasteiger partial charge in [0.1, 0.15) is 12.4 Å². The number of hydrogen-bond acceptors (Lipinski definition) is 3. The summed E-state index contributed by atoms with van der Waals surface area (Å²) < 4.78 is 5.77. The lowest BCUT2D eigenvalue weighted by atomic mass is 10.2. The van der Waals surface area contributed by atoms with Crippen molar-refractivity contribution in [3.8, 4) is 5.75 Å². The van der Waals surface area contributed by atoms with Crippen LogP contribution < -0.4 is 15.5 Å². The summed E-state index contributed by atoms with van der Waals surface area (Å²) >= 11 is 5.20. The Kier molecular flexibility index (Phi) is 6.34. The molecule has 0 unspecified atom stereocenters. The van der Waals surface area contributed by atoms with E-state index in [4.69, 9.17) is 17.0 Å². The van der Waals surface area contributed by atoms with Crippen molar-refractivity contribution in [2.45, 2.75) is 6.61 Å². The second-order valence-corrected chi connectivity index (χ2v) is 5.94. The van der Waals surface area contributed by atoms with Crippen molar-refractivity contribution in [2.24, 2.45) is 5.10 Å². The van der Waals surface area contributed by atoms with Crippen molar-refractivity contribution >= 4 is 29.2 Å². The fraction of sp³-hybridized carbons (Fsp3) is 0.0476. The summed E-state index contributed by atoms with van der Waals surface area (Å²) in [5, 5.41) is 7.64. The molecule has 0 radical (unpaired) electrons. The third-order valence-corrected chi connectivity index (χ3v) is 3.73. The topological polar surface area (TPSA) is 45.7 Å². The first-order chi connectivity index (χ1) is 12.8. The molecule has 0 aliphatic carbocycles. The van der Waals surface area contributed by atoms with Gasteiger partial charge in [0.15, 0.2) is 5.11 Å². The van der Waals surface area contributed by atoms with Gasteiger partial charge in [0.05, 0.1) is 6.21 Å². The van der Waals surface area contributed by atoms with Crippen molar-refractivity contribution in [1.82, 2.24) is 5.43 Å². The van der Waals surface area contributed by atoms with Crippen LogP contribution in [0.2, 0.25) is 0 Å². The molecule has 0 aliphatic rings. The highest BCUT2D eigenvalue weighted by atomic mass is 32.1. The Balaban J connectivity index is 1.46. The molecule has 0 spiro atoms. The van der Waals surface area contributed by atoms with Crippen molar-refractivity contribution in [3.63, 3.8) is 0 Å². The van der Waals surface area contributed by atoms with Crippen LogP contribution in [-0.2, 0) is 6.61 Å². The van der Waals surface area contributed by atoms with E-state index in [1.54, 1.807) is 6.21 Å². The first-order valence-corrected chi connectivity index (χ1v) is 8.62. The second-order valence-electron chi connectivity index (χ2n) is 5.53. The van der Waals surface area contributed by atoms with Gasteiger partial charge >= 0.3 is 0 Å².